The number of ether oxygens (including phenoxy) is 1. The molecule has 18 heavy (non-hydrogen) atoms. The second kappa shape index (κ2) is 5.27. The second-order valence-corrected chi connectivity index (χ2v) is 5.64. The number of rotatable bonds is 7. The van der Waals surface area contributed by atoms with E-state index in [1.165, 1.54) is 25.7 Å². The number of hydrogen-bond donors (Lipinski definition) is 1. The third-order valence-electron chi connectivity index (χ3n) is 4.19. The van der Waals surface area contributed by atoms with E-state index in [2.05, 4.69) is 16.4 Å². The Morgan fingerprint density at radius 1 is 1.33 bits per heavy atom. The minimum absolute atomic E-state index is 0.749. The zero-order chi connectivity index (χ0) is 12.4. The largest absolute Gasteiger partial charge is 0.481 e. The summed E-state index contributed by atoms with van der Waals surface area (Å²) < 4.78 is 5.27. The molecule has 1 aromatic heterocycles. The van der Waals surface area contributed by atoms with E-state index in [1.807, 2.05) is 6.07 Å². The lowest BCUT2D eigenvalue weighted by Crippen LogP contribution is -2.25. The third kappa shape index (κ3) is 2.83. The summed E-state index contributed by atoms with van der Waals surface area (Å²) in [5.41, 5.74) is 1.16. The quantitative estimate of drug-likeness (QED) is 0.803. The van der Waals surface area contributed by atoms with Gasteiger partial charge in [-0.3, -0.25) is 0 Å². The van der Waals surface area contributed by atoms with Crippen LogP contribution in [-0.4, -0.2) is 18.6 Å². The van der Waals surface area contributed by atoms with Crippen LogP contribution in [0.1, 0.15) is 31.2 Å². The summed E-state index contributed by atoms with van der Waals surface area (Å²) in [7, 11) is 1.68. The molecule has 0 aromatic carbocycles. The first-order chi connectivity index (χ1) is 8.88. The van der Waals surface area contributed by atoms with Gasteiger partial charge in [0.25, 0.3) is 0 Å². The molecule has 0 amide bonds. The van der Waals surface area contributed by atoms with Crippen molar-refractivity contribution in [3.05, 3.63) is 23.9 Å². The van der Waals surface area contributed by atoms with Crippen molar-refractivity contribution in [2.45, 2.75) is 32.2 Å². The van der Waals surface area contributed by atoms with Gasteiger partial charge in [-0.05, 0) is 56.0 Å². The zero-order valence-electron chi connectivity index (χ0n) is 11.1. The van der Waals surface area contributed by atoms with Gasteiger partial charge in [-0.25, -0.2) is 4.98 Å². The Bertz CT molecular complexity index is 387. The first-order valence-electron chi connectivity index (χ1n) is 7.07. The number of pyridine rings is 1. The molecule has 98 valence electrons. The average Bonchev–Trinajstić information content (AvgIpc) is 3.28. The Morgan fingerprint density at radius 3 is 2.67 bits per heavy atom. The summed E-state index contributed by atoms with van der Waals surface area (Å²) in [6.45, 7) is 2.03. The highest BCUT2D eigenvalue weighted by atomic mass is 16.5. The van der Waals surface area contributed by atoms with E-state index in [-0.39, 0.29) is 0 Å². The molecule has 2 aliphatic carbocycles. The number of aromatic nitrogens is 1. The molecule has 0 saturated heterocycles. The van der Waals surface area contributed by atoms with Gasteiger partial charge < -0.3 is 10.1 Å². The van der Waals surface area contributed by atoms with Gasteiger partial charge in [0.1, 0.15) is 0 Å². The van der Waals surface area contributed by atoms with E-state index in [0.29, 0.717) is 0 Å². The molecule has 0 spiro atoms. The van der Waals surface area contributed by atoms with Gasteiger partial charge in [-0.15, -0.1) is 0 Å². The smallest absolute Gasteiger partial charge is 0.217 e. The molecule has 3 nitrogen and oxygen atoms in total. The maximum absolute atomic E-state index is 5.27. The molecule has 1 heterocycles. The van der Waals surface area contributed by atoms with Crippen molar-refractivity contribution in [3.63, 3.8) is 0 Å². The molecule has 0 bridgehead atoms. The van der Waals surface area contributed by atoms with Crippen LogP contribution in [0.5, 0.6) is 5.88 Å². The lowest BCUT2D eigenvalue weighted by molar-refractivity contribution is 0.369. The molecule has 0 unspecified atom stereocenters. The van der Waals surface area contributed by atoms with E-state index in [9.17, 15) is 0 Å². The molecule has 1 aromatic rings. The minimum Gasteiger partial charge on any atom is -0.481 e. The minimum atomic E-state index is 0.749. The van der Waals surface area contributed by atoms with E-state index in [0.717, 1.165) is 42.3 Å². The first kappa shape index (κ1) is 12.0. The van der Waals surface area contributed by atoms with Crippen molar-refractivity contribution >= 4 is 0 Å². The molecule has 0 atom stereocenters. The number of hydrogen-bond acceptors (Lipinski definition) is 3. The third-order valence-corrected chi connectivity index (χ3v) is 4.19. The van der Waals surface area contributed by atoms with Crippen LogP contribution < -0.4 is 10.1 Å². The Morgan fingerprint density at radius 2 is 2.06 bits per heavy atom. The van der Waals surface area contributed by atoms with Gasteiger partial charge in [0, 0.05) is 18.3 Å². The van der Waals surface area contributed by atoms with E-state index in [4.69, 9.17) is 4.74 Å². The topological polar surface area (TPSA) is 34.1 Å². The predicted molar refractivity (Wildman–Crippen MR) is 71.4 cm³/mol. The number of nitrogens with one attached hydrogen (secondary N) is 1. The number of methoxy groups -OCH3 is 1. The van der Waals surface area contributed by atoms with Gasteiger partial charge in [-0.2, -0.15) is 0 Å². The molecule has 0 aliphatic heterocycles. The predicted octanol–water partition coefficient (Wildman–Crippen LogP) is 2.62. The lowest BCUT2D eigenvalue weighted by Gasteiger charge is -2.16. The highest BCUT2D eigenvalue weighted by molar-refractivity contribution is 5.24. The van der Waals surface area contributed by atoms with Crippen LogP contribution in [-0.2, 0) is 6.54 Å². The SMILES string of the molecule is COc1ncccc1CNCC(C1CC1)C1CC1. The van der Waals surface area contributed by atoms with Crippen molar-refractivity contribution in [3.8, 4) is 5.88 Å². The molecule has 2 saturated carbocycles. The Balaban J connectivity index is 1.51. The van der Waals surface area contributed by atoms with Crippen LogP contribution in [0.15, 0.2) is 18.3 Å². The Kier molecular flexibility index (Phi) is 3.50. The first-order valence-corrected chi connectivity index (χ1v) is 7.07. The summed E-state index contributed by atoms with van der Waals surface area (Å²) in [6, 6.07) is 4.06. The molecule has 3 rings (SSSR count). The monoisotopic (exact) mass is 246 g/mol. The highest BCUT2D eigenvalue weighted by Crippen LogP contribution is 2.48. The molecule has 0 radical (unpaired) electrons. The molecular weight excluding hydrogens is 224 g/mol. The summed E-state index contributed by atoms with van der Waals surface area (Å²) in [5, 5.41) is 3.60. The molecular formula is C15H22N2O. The van der Waals surface area contributed by atoms with Crippen molar-refractivity contribution in [1.82, 2.24) is 10.3 Å². The molecule has 2 aliphatic rings. The summed E-state index contributed by atoms with van der Waals surface area (Å²) in [4.78, 5) is 4.23. The molecule has 3 heteroatoms. The van der Waals surface area contributed by atoms with Crippen molar-refractivity contribution in [2.24, 2.45) is 17.8 Å². The molecule has 1 N–H and O–H groups in total. The highest BCUT2D eigenvalue weighted by Gasteiger charge is 2.40. The van der Waals surface area contributed by atoms with Crippen molar-refractivity contribution in [2.75, 3.05) is 13.7 Å². The standard InChI is InChI=1S/C15H22N2O/c1-18-15-13(3-2-8-17-15)9-16-10-14(11-4-5-11)12-6-7-12/h2-3,8,11-12,14,16H,4-7,9-10H2,1H3. The van der Waals surface area contributed by atoms with E-state index in [1.54, 1.807) is 13.3 Å². The maximum Gasteiger partial charge on any atom is 0.217 e. The van der Waals surface area contributed by atoms with Crippen LogP contribution in [0.3, 0.4) is 0 Å². The van der Waals surface area contributed by atoms with Crippen LogP contribution >= 0.6 is 0 Å². The van der Waals surface area contributed by atoms with E-state index < -0.39 is 0 Å². The summed E-state index contributed by atoms with van der Waals surface area (Å²) >= 11 is 0. The van der Waals surface area contributed by atoms with Gasteiger partial charge in [-0.1, -0.05) is 6.07 Å². The second-order valence-electron chi connectivity index (χ2n) is 5.64. The Hall–Kier alpha value is -1.09. The van der Waals surface area contributed by atoms with Gasteiger partial charge in [0.15, 0.2) is 0 Å². The Labute approximate surface area is 109 Å². The average molecular weight is 246 g/mol. The maximum atomic E-state index is 5.27. The fourth-order valence-electron chi connectivity index (χ4n) is 2.88. The van der Waals surface area contributed by atoms with E-state index >= 15 is 0 Å². The lowest BCUT2D eigenvalue weighted by atomic mass is 9.98. The zero-order valence-corrected chi connectivity index (χ0v) is 11.1. The van der Waals surface area contributed by atoms with Crippen LogP contribution in [0.25, 0.3) is 0 Å². The fraction of sp³-hybridized carbons (Fsp3) is 0.667. The van der Waals surface area contributed by atoms with Gasteiger partial charge >= 0.3 is 0 Å². The van der Waals surface area contributed by atoms with Crippen LogP contribution in [0.2, 0.25) is 0 Å². The van der Waals surface area contributed by atoms with Crippen LogP contribution in [0.4, 0.5) is 0 Å². The van der Waals surface area contributed by atoms with Crippen molar-refractivity contribution < 1.29 is 4.74 Å². The van der Waals surface area contributed by atoms with Crippen molar-refractivity contribution in [1.29, 1.82) is 0 Å². The summed E-state index contributed by atoms with van der Waals surface area (Å²) in [6.07, 6.45) is 7.61. The molecule has 2 fully saturated rings. The normalized spacial score (nSPS) is 19.2. The summed E-state index contributed by atoms with van der Waals surface area (Å²) in [5.74, 6) is 3.70. The van der Waals surface area contributed by atoms with Gasteiger partial charge in [0.2, 0.25) is 5.88 Å². The van der Waals surface area contributed by atoms with Crippen LogP contribution in [0, 0.1) is 17.8 Å². The van der Waals surface area contributed by atoms with Gasteiger partial charge in [0.05, 0.1) is 7.11 Å². The fourth-order valence-corrected chi connectivity index (χ4v) is 2.88. The number of nitrogens with zero attached hydrogens (tertiary/aromatic N) is 1.